The summed E-state index contributed by atoms with van der Waals surface area (Å²) in [5, 5.41) is 9.76. The number of aliphatic carboxylic acids is 1. The number of carbonyl (C=O) groups is 2. The van der Waals surface area contributed by atoms with E-state index in [2.05, 4.69) is 0 Å². The Bertz CT molecular complexity index is 543. The van der Waals surface area contributed by atoms with Gasteiger partial charge in [0.25, 0.3) is 5.91 Å². The molecule has 0 heterocycles. The van der Waals surface area contributed by atoms with Crippen LogP contribution in [0.5, 0.6) is 0 Å². The summed E-state index contributed by atoms with van der Waals surface area (Å²) in [6.45, 7) is 1.77. The average Bonchev–Trinajstić information content (AvgIpc) is 3.22. The SMILES string of the molecule is CC(CN(C(=O)c1cc(Cl)ccc1Cl)C1CC1)C(=O)O. The molecule has 1 saturated carbocycles. The van der Waals surface area contributed by atoms with E-state index in [1.165, 1.54) is 6.07 Å². The summed E-state index contributed by atoms with van der Waals surface area (Å²) in [6.07, 6.45) is 1.80. The number of carboxylic acids is 1. The van der Waals surface area contributed by atoms with Gasteiger partial charge in [-0.1, -0.05) is 30.1 Å². The van der Waals surface area contributed by atoms with Gasteiger partial charge in [-0.2, -0.15) is 0 Å². The Hall–Kier alpha value is -1.26. The maximum atomic E-state index is 12.5. The normalized spacial score (nSPS) is 15.8. The third-order valence-corrected chi connectivity index (χ3v) is 3.86. The van der Waals surface area contributed by atoms with Crippen LogP contribution in [0.3, 0.4) is 0 Å². The standard InChI is InChI=1S/C14H15Cl2NO3/c1-8(14(19)20)7-17(10-3-4-10)13(18)11-6-9(15)2-5-12(11)16/h2,5-6,8,10H,3-4,7H2,1H3,(H,19,20). The number of hydrogen-bond acceptors (Lipinski definition) is 2. The van der Waals surface area contributed by atoms with E-state index in [0.717, 1.165) is 12.8 Å². The summed E-state index contributed by atoms with van der Waals surface area (Å²) >= 11 is 11.9. The highest BCUT2D eigenvalue weighted by atomic mass is 35.5. The molecule has 20 heavy (non-hydrogen) atoms. The molecule has 1 amide bonds. The van der Waals surface area contributed by atoms with Crippen molar-refractivity contribution >= 4 is 35.1 Å². The van der Waals surface area contributed by atoms with Gasteiger partial charge in [0.2, 0.25) is 0 Å². The monoisotopic (exact) mass is 315 g/mol. The largest absolute Gasteiger partial charge is 0.481 e. The lowest BCUT2D eigenvalue weighted by Crippen LogP contribution is -2.38. The maximum Gasteiger partial charge on any atom is 0.308 e. The van der Waals surface area contributed by atoms with Crippen LogP contribution in [0.25, 0.3) is 0 Å². The predicted octanol–water partition coefficient (Wildman–Crippen LogP) is 3.32. The highest BCUT2D eigenvalue weighted by Gasteiger charge is 2.35. The smallest absolute Gasteiger partial charge is 0.308 e. The number of carboxylic acid groups (broad SMARTS) is 1. The van der Waals surface area contributed by atoms with Gasteiger partial charge in [-0.05, 0) is 31.0 Å². The van der Waals surface area contributed by atoms with Crippen molar-refractivity contribution in [3.8, 4) is 0 Å². The van der Waals surface area contributed by atoms with Gasteiger partial charge in [-0.3, -0.25) is 9.59 Å². The van der Waals surface area contributed by atoms with Crippen LogP contribution in [-0.4, -0.2) is 34.5 Å². The second-order valence-corrected chi connectivity index (χ2v) is 5.90. The first-order chi connectivity index (χ1) is 9.40. The molecule has 4 nitrogen and oxygen atoms in total. The quantitative estimate of drug-likeness (QED) is 0.906. The minimum absolute atomic E-state index is 0.111. The molecule has 0 bridgehead atoms. The lowest BCUT2D eigenvalue weighted by molar-refractivity contribution is -0.141. The summed E-state index contributed by atoms with van der Waals surface area (Å²) in [4.78, 5) is 25.1. The Morgan fingerprint density at radius 3 is 2.60 bits per heavy atom. The van der Waals surface area contributed by atoms with Crippen LogP contribution in [0.15, 0.2) is 18.2 Å². The van der Waals surface area contributed by atoms with Gasteiger partial charge in [0.15, 0.2) is 0 Å². The number of benzene rings is 1. The Morgan fingerprint density at radius 2 is 2.05 bits per heavy atom. The number of hydrogen-bond donors (Lipinski definition) is 1. The second kappa shape index (κ2) is 6.02. The van der Waals surface area contributed by atoms with Gasteiger partial charge in [-0.15, -0.1) is 0 Å². The van der Waals surface area contributed by atoms with Crippen LogP contribution < -0.4 is 0 Å². The molecule has 6 heteroatoms. The van der Waals surface area contributed by atoms with Gasteiger partial charge in [0.1, 0.15) is 0 Å². The molecule has 108 valence electrons. The van der Waals surface area contributed by atoms with Crippen molar-refractivity contribution in [3.05, 3.63) is 33.8 Å². The highest BCUT2D eigenvalue weighted by Crippen LogP contribution is 2.31. The fraction of sp³-hybridized carbons (Fsp3) is 0.429. The van der Waals surface area contributed by atoms with Crippen LogP contribution in [0, 0.1) is 5.92 Å². The number of rotatable bonds is 5. The second-order valence-electron chi connectivity index (χ2n) is 5.05. The third kappa shape index (κ3) is 3.44. The first kappa shape index (κ1) is 15.1. The van der Waals surface area contributed by atoms with Crippen molar-refractivity contribution in [2.24, 2.45) is 5.92 Å². The summed E-state index contributed by atoms with van der Waals surface area (Å²) in [6, 6.07) is 4.82. The van der Waals surface area contributed by atoms with Crippen LogP contribution in [0.4, 0.5) is 0 Å². The Kier molecular flexibility index (Phi) is 4.55. The zero-order valence-electron chi connectivity index (χ0n) is 11.0. The molecule has 1 fully saturated rings. The van der Waals surface area contributed by atoms with E-state index in [-0.39, 0.29) is 18.5 Å². The van der Waals surface area contributed by atoms with E-state index >= 15 is 0 Å². The fourth-order valence-electron chi connectivity index (χ4n) is 1.97. The third-order valence-electron chi connectivity index (χ3n) is 3.30. The van der Waals surface area contributed by atoms with E-state index in [1.807, 2.05) is 0 Å². The first-order valence-electron chi connectivity index (χ1n) is 6.39. The van der Waals surface area contributed by atoms with Gasteiger partial charge >= 0.3 is 5.97 Å². The Balaban J connectivity index is 2.23. The van der Waals surface area contributed by atoms with Crippen LogP contribution >= 0.6 is 23.2 Å². The molecular weight excluding hydrogens is 301 g/mol. The molecule has 1 aromatic rings. The van der Waals surface area contributed by atoms with E-state index in [1.54, 1.807) is 24.0 Å². The van der Waals surface area contributed by atoms with Crippen molar-refractivity contribution in [2.75, 3.05) is 6.54 Å². The number of carbonyl (C=O) groups excluding carboxylic acids is 1. The van der Waals surface area contributed by atoms with Gasteiger partial charge in [-0.25, -0.2) is 0 Å². The molecule has 0 aromatic heterocycles. The zero-order chi connectivity index (χ0) is 14.9. The van der Waals surface area contributed by atoms with E-state index < -0.39 is 11.9 Å². The summed E-state index contributed by atoms with van der Waals surface area (Å²) in [5.74, 6) is -1.79. The van der Waals surface area contributed by atoms with Gasteiger partial charge in [0.05, 0.1) is 16.5 Å². The maximum absolute atomic E-state index is 12.5. The molecule has 0 saturated heterocycles. The number of nitrogens with zero attached hydrogens (tertiary/aromatic N) is 1. The molecule has 0 radical (unpaired) electrons. The molecular formula is C14H15Cl2NO3. The van der Waals surface area contributed by atoms with Crippen LogP contribution in [-0.2, 0) is 4.79 Å². The molecule has 1 atom stereocenters. The minimum Gasteiger partial charge on any atom is -0.481 e. The van der Waals surface area contributed by atoms with Crippen molar-refractivity contribution in [1.82, 2.24) is 4.90 Å². The Labute approximate surface area is 127 Å². The molecule has 2 rings (SSSR count). The van der Waals surface area contributed by atoms with Crippen LogP contribution in [0.1, 0.15) is 30.1 Å². The van der Waals surface area contributed by atoms with Crippen molar-refractivity contribution in [2.45, 2.75) is 25.8 Å². The fourth-order valence-corrected chi connectivity index (χ4v) is 2.34. The van der Waals surface area contributed by atoms with Gasteiger partial charge < -0.3 is 10.0 Å². The topological polar surface area (TPSA) is 57.6 Å². The number of amides is 1. The first-order valence-corrected chi connectivity index (χ1v) is 7.14. The molecule has 1 aliphatic rings. The molecule has 0 aliphatic heterocycles. The molecule has 1 aromatic carbocycles. The molecule has 1 N–H and O–H groups in total. The summed E-state index contributed by atoms with van der Waals surface area (Å²) in [5.41, 5.74) is 0.323. The highest BCUT2D eigenvalue weighted by molar-refractivity contribution is 6.35. The van der Waals surface area contributed by atoms with Crippen molar-refractivity contribution in [3.63, 3.8) is 0 Å². The molecule has 0 spiro atoms. The average molecular weight is 316 g/mol. The summed E-state index contributed by atoms with van der Waals surface area (Å²) in [7, 11) is 0. The number of halogens is 2. The van der Waals surface area contributed by atoms with E-state index in [9.17, 15) is 9.59 Å². The van der Waals surface area contributed by atoms with Crippen LogP contribution in [0.2, 0.25) is 10.0 Å². The Morgan fingerprint density at radius 1 is 1.40 bits per heavy atom. The summed E-state index contributed by atoms with van der Waals surface area (Å²) < 4.78 is 0. The van der Waals surface area contributed by atoms with E-state index in [4.69, 9.17) is 28.3 Å². The van der Waals surface area contributed by atoms with Gasteiger partial charge in [0, 0.05) is 17.6 Å². The molecule has 1 unspecified atom stereocenters. The lowest BCUT2D eigenvalue weighted by Gasteiger charge is -2.25. The minimum atomic E-state index is -0.916. The molecule has 1 aliphatic carbocycles. The predicted molar refractivity (Wildman–Crippen MR) is 77.3 cm³/mol. The lowest BCUT2D eigenvalue weighted by atomic mass is 10.1. The zero-order valence-corrected chi connectivity index (χ0v) is 12.5. The van der Waals surface area contributed by atoms with Crippen molar-refractivity contribution in [1.29, 1.82) is 0 Å². The van der Waals surface area contributed by atoms with Crippen molar-refractivity contribution < 1.29 is 14.7 Å². The van der Waals surface area contributed by atoms with E-state index in [0.29, 0.717) is 15.6 Å².